The van der Waals surface area contributed by atoms with Gasteiger partial charge in [0.2, 0.25) is 5.91 Å². The van der Waals surface area contributed by atoms with Crippen molar-refractivity contribution in [3.8, 4) is 0 Å². The second kappa shape index (κ2) is 7.74. The molecule has 0 saturated carbocycles. The molecule has 0 atom stereocenters. The molecule has 106 valence electrons. The first-order valence-corrected chi connectivity index (χ1v) is 7.29. The Balaban J connectivity index is 2.27. The fraction of sp³-hybridized carbons (Fsp3) is 0.929. The van der Waals surface area contributed by atoms with Crippen LogP contribution >= 0.6 is 0 Å². The molecule has 0 aromatic heterocycles. The van der Waals surface area contributed by atoms with Crippen molar-refractivity contribution in [2.24, 2.45) is 0 Å². The Bertz CT molecular complexity index is 247. The molecule has 18 heavy (non-hydrogen) atoms. The number of hydrogen-bond donors (Lipinski definition) is 2. The molecule has 1 fully saturated rings. The molecular weight excluding hydrogens is 226 g/mol. The molecule has 1 aliphatic heterocycles. The second-order valence-corrected chi connectivity index (χ2v) is 5.78. The highest BCUT2D eigenvalue weighted by Gasteiger charge is 2.29. The van der Waals surface area contributed by atoms with E-state index in [2.05, 4.69) is 36.3 Å². The minimum absolute atomic E-state index is 0.0308. The van der Waals surface area contributed by atoms with Crippen LogP contribution in [0.1, 0.15) is 46.5 Å². The molecule has 0 aliphatic carbocycles. The summed E-state index contributed by atoms with van der Waals surface area (Å²) in [7, 11) is 0. The van der Waals surface area contributed by atoms with E-state index in [1.807, 2.05) is 0 Å². The van der Waals surface area contributed by atoms with Gasteiger partial charge in [-0.05, 0) is 20.3 Å². The zero-order valence-corrected chi connectivity index (χ0v) is 12.2. The first-order valence-electron chi connectivity index (χ1n) is 7.29. The zero-order valence-electron chi connectivity index (χ0n) is 12.2. The molecule has 1 rings (SSSR count). The Kier molecular flexibility index (Phi) is 6.65. The number of rotatable bonds is 7. The number of nitrogens with one attached hydrogen (secondary N) is 2. The van der Waals surface area contributed by atoms with Crippen molar-refractivity contribution in [2.45, 2.75) is 52.0 Å². The average molecular weight is 255 g/mol. The lowest BCUT2D eigenvalue weighted by Crippen LogP contribution is -2.54. The van der Waals surface area contributed by atoms with E-state index in [-0.39, 0.29) is 11.4 Å². The molecule has 0 aromatic rings. The molecule has 0 spiro atoms. The van der Waals surface area contributed by atoms with Gasteiger partial charge in [0.05, 0.1) is 0 Å². The van der Waals surface area contributed by atoms with Crippen LogP contribution in [-0.2, 0) is 4.79 Å². The van der Waals surface area contributed by atoms with E-state index in [4.69, 9.17) is 0 Å². The summed E-state index contributed by atoms with van der Waals surface area (Å²) < 4.78 is 0. The lowest BCUT2D eigenvalue weighted by molar-refractivity contribution is -0.123. The predicted octanol–water partition coefficient (Wildman–Crippen LogP) is 1.37. The van der Waals surface area contributed by atoms with Crippen LogP contribution in [0.15, 0.2) is 0 Å². The summed E-state index contributed by atoms with van der Waals surface area (Å²) in [5.41, 5.74) is -0.0308. The van der Waals surface area contributed by atoms with E-state index in [0.717, 1.165) is 39.1 Å². The van der Waals surface area contributed by atoms with Gasteiger partial charge in [-0.25, -0.2) is 0 Å². The molecule has 1 amide bonds. The van der Waals surface area contributed by atoms with Crippen LogP contribution in [0.25, 0.3) is 0 Å². The SMILES string of the molecule is CCCCCNC(=O)CC(C)(C)N1CCNCC1. The highest BCUT2D eigenvalue weighted by atomic mass is 16.1. The maximum Gasteiger partial charge on any atom is 0.221 e. The van der Waals surface area contributed by atoms with Gasteiger partial charge in [-0.2, -0.15) is 0 Å². The third kappa shape index (κ3) is 5.36. The summed E-state index contributed by atoms with van der Waals surface area (Å²) >= 11 is 0. The second-order valence-electron chi connectivity index (χ2n) is 5.78. The van der Waals surface area contributed by atoms with Gasteiger partial charge in [0.25, 0.3) is 0 Å². The van der Waals surface area contributed by atoms with Gasteiger partial charge in [-0.3, -0.25) is 9.69 Å². The summed E-state index contributed by atoms with van der Waals surface area (Å²) in [6.07, 6.45) is 4.08. The van der Waals surface area contributed by atoms with Crippen molar-refractivity contribution in [1.29, 1.82) is 0 Å². The van der Waals surface area contributed by atoms with Gasteiger partial charge in [-0.1, -0.05) is 19.8 Å². The monoisotopic (exact) mass is 255 g/mol. The molecule has 4 heteroatoms. The average Bonchev–Trinajstić information content (AvgIpc) is 2.35. The number of unbranched alkanes of at least 4 members (excludes halogenated alkanes) is 2. The van der Waals surface area contributed by atoms with Gasteiger partial charge in [0.1, 0.15) is 0 Å². The summed E-state index contributed by atoms with van der Waals surface area (Å²) in [6, 6.07) is 0. The van der Waals surface area contributed by atoms with E-state index < -0.39 is 0 Å². The Hall–Kier alpha value is -0.610. The van der Waals surface area contributed by atoms with E-state index in [9.17, 15) is 4.79 Å². The van der Waals surface area contributed by atoms with Crippen LogP contribution in [0.4, 0.5) is 0 Å². The topological polar surface area (TPSA) is 44.4 Å². The Morgan fingerprint density at radius 1 is 1.28 bits per heavy atom. The van der Waals surface area contributed by atoms with Crippen LogP contribution in [0.3, 0.4) is 0 Å². The van der Waals surface area contributed by atoms with E-state index in [1.165, 1.54) is 12.8 Å². The van der Waals surface area contributed by atoms with Crippen LogP contribution in [0.5, 0.6) is 0 Å². The zero-order chi connectivity index (χ0) is 13.4. The van der Waals surface area contributed by atoms with Gasteiger partial charge in [-0.15, -0.1) is 0 Å². The van der Waals surface area contributed by atoms with Gasteiger partial charge >= 0.3 is 0 Å². The number of amides is 1. The first kappa shape index (κ1) is 15.4. The Labute approximate surface area is 111 Å². The number of hydrogen-bond acceptors (Lipinski definition) is 3. The minimum atomic E-state index is -0.0308. The fourth-order valence-electron chi connectivity index (χ4n) is 2.44. The first-order chi connectivity index (χ1) is 8.56. The highest BCUT2D eigenvalue weighted by molar-refractivity contribution is 5.77. The summed E-state index contributed by atoms with van der Waals surface area (Å²) in [5, 5.41) is 6.38. The quantitative estimate of drug-likeness (QED) is 0.675. The molecule has 0 bridgehead atoms. The summed E-state index contributed by atoms with van der Waals surface area (Å²) in [4.78, 5) is 14.3. The van der Waals surface area contributed by atoms with E-state index >= 15 is 0 Å². The Morgan fingerprint density at radius 3 is 2.56 bits per heavy atom. The third-order valence-electron chi connectivity index (χ3n) is 3.67. The van der Waals surface area contributed by atoms with Crippen LogP contribution in [0, 0.1) is 0 Å². The van der Waals surface area contributed by atoms with Crippen molar-refractivity contribution in [2.75, 3.05) is 32.7 Å². The van der Waals surface area contributed by atoms with Crippen molar-refractivity contribution in [1.82, 2.24) is 15.5 Å². The number of nitrogens with zero attached hydrogens (tertiary/aromatic N) is 1. The molecule has 0 unspecified atom stereocenters. The molecule has 1 aliphatic rings. The smallest absolute Gasteiger partial charge is 0.221 e. The van der Waals surface area contributed by atoms with Crippen molar-refractivity contribution < 1.29 is 4.79 Å². The molecule has 1 heterocycles. The molecule has 0 radical (unpaired) electrons. The van der Waals surface area contributed by atoms with Gasteiger partial charge in [0, 0.05) is 44.7 Å². The molecule has 2 N–H and O–H groups in total. The normalized spacial score (nSPS) is 17.7. The van der Waals surface area contributed by atoms with Gasteiger partial charge < -0.3 is 10.6 Å². The number of piperazine rings is 1. The standard InChI is InChI=1S/C14H29N3O/c1-4-5-6-7-16-13(18)12-14(2,3)17-10-8-15-9-11-17/h15H,4-12H2,1-3H3,(H,16,18). The lowest BCUT2D eigenvalue weighted by atomic mass is 9.96. The van der Waals surface area contributed by atoms with Crippen LogP contribution in [0.2, 0.25) is 0 Å². The van der Waals surface area contributed by atoms with Crippen molar-refractivity contribution in [3.05, 3.63) is 0 Å². The maximum atomic E-state index is 11.9. The largest absolute Gasteiger partial charge is 0.356 e. The van der Waals surface area contributed by atoms with Crippen LogP contribution < -0.4 is 10.6 Å². The van der Waals surface area contributed by atoms with E-state index in [1.54, 1.807) is 0 Å². The fourth-order valence-corrected chi connectivity index (χ4v) is 2.44. The predicted molar refractivity (Wildman–Crippen MR) is 75.7 cm³/mol. The number of carbonyl (C=O) groups excluding carboxylic acids is 1. The Morgan fingerprint density at radius 2 is 1.94 bits per heavy atom. The minimum Gasteiger partial charge on any atom is -0.356 e. The van der Waals surface area contributed by atoms with Crippen molar-refractivity contribution >= 4 is 5.91 Å². The maximum absolute atomic E-state index is 11.9. The van der Waals surface area contributed by atoms with Crippen LogP contribution in [-0.4, -0.2) is 49.1 Å². The van der Waals surface area contributed by atoms with E-state index in [0.29, 0.717) is 6.42 Å². The number of carbonyl (C=O) groups is 1. The summed E-state index contributed by atoms with van der Waals surface area (Å²) in [6.45, 7) is 11.5. The summed E-state index contributed by atoms with van der Waals surface area (Å²) in [5.74, 6) is 0.189. The third-order valence-corrected chi connectivity index (χ3v) is 3.67. The van der Waals surface area contributed by atoms with Crippen molar-refractivity contribution in [3.63, 3.8) is 0 Å². The molecule has 1 saturated heterocycles. The molecule has 0 aromatic carbocycles. The highest BCUT2D eigenvalue weighted by Crippen LogP contribution is 2.19. The molecular formula is C14H29N3O. The molecule has 4 nitrogen and oxygen atoms in total. The lowest BCUT2D eigenvalue weighted by Gasteiger charge is -2.40. The van der Waals surface area contributed by atoms with Gasteiger partial charge in [0.15, 0.2) is 0 Å².